The Morgan fingerprint density at radius 1 is 1.53 bits per heavy atom. The molecule has 0 unspecified atom stereocenters. The van der Waals surface area contributed by atoms with E-state index in [9.17, 15) is 14.7 Å². The topological polar surface area (TPSA) is 77.8 Å². The van der Waals surface area contributed by atoms with Crippen LogP contribution in [0.15, 0.2) is 17.5 Å². The van der Waals surface area contributed by atoms with Crippen LogP contribution in [0.2, 0.25) is 0 Å². The van der Waals surface area contributed by atoms with Gasteiger partial charge in [0.25, 0.3) is 0 Å². The van der Waals surface area contributed by atoms with Crippen LogP contribution in [0.5, 0.6) is 0 Å². The van der Waals surface area contributed by atoms with Crippen LogP contribution in [-0.2, 0) is 16.0 Å². The van der Waals surface area contributed by atoms with E-state index in [-0.39, 0.29) is 25.3 Å². The van der Waals surface area contributed by atoms with Crippen LogP contribution in [0.3, 0.4) is 0 Å². The van der Waals surface area contributed by atoms with Gasteiger partial charge in [0.2, 0.25) is 5.91 Å². The SMILES string of the molecule is O=C(O)[C@@H]1C[C@@H](O)CN1C(=O)Cc1cccs1. The third-order valence-electron chi connectivity index (χ3n) is 2.79. The van der Waals surface area contributed by atoms with Gasteiger partial charge in [0.1, 0.15) is 6.04 Å². The third kappa shape index (κ3) is 2.65. The monoisotopic (exact) mass is 255 g/mol. The number of aliphatic hydroxyl groups is 1. The fourth-order valence-electron chi connectivity index (χ4n) is 1.99. The van der Waals surface area contributed by atoms with Gasteiger partial charge in [-0.3, -0.25) is 4.79 Å². The third-order valence-corrected chi connectivity index (χ3v) is 3.67. The first-order chi connectivity index (χ1) is 8.08. The van der Waals surface area contributed by atoms with Gasteiger partial charge in [0.05, 0.1) is 12.5 Å². The van der Waals surface area contributed by atoms with Gasteiger partial charge in [-0.05, 0) is 11.4 Å². The smallest absolute Gasteiger partial charge is 0.326 e. The van der Waals surface area contributed by atoms with Crippen LogP contribution >= 0.6 is 11.3 Å². The Labute approximate surface area is 102 Å². The number of thiophene rings is 1. The fraction of sp³-hybridized carbons (Fsp3) is 0.455. The summed E-state index contributed by atoms with van der Waals surface area (Å²) in [4.78, 5) is 25.1. The highest BCUT2D eigenvalue weighted by Gasteiger charge is 2.38. The Morgan fingerprint density at radius 3 is 2.88 bits per heavy atom. The van der Waals surface area contributed by atoms with Gasteiger partial charge < -0.3 is 15.1 Å². The van der Waals surface area contributed by atoms with Gasteiger partial charge >= 0.3 is 5.97 Å². The highest BCUT2D eigenvalue weighted by Crippen LogP contribution is 2.20. The minimum absolute atomic E-state index is 0.112. The number of nitrogens with zero attached hydrogens (tertiary/aromatic N) is 1. The Hall–Kier alpha value is -1.40. The number of carboxylic acid groups (broad SMARTS) is 1. The molecular weight excluding hydrogens is 242 g/mol. The van der Waals surface area contributed by atoms with Crippen molar-refractivity contribution in [1.29, 1.82) is 0 Å². The zero-order valence-corrected chi connectivity index (χ0v) is 9.89. The first-order valence-electron chi connectivity index (χ1n) is 5.30. The second-order valence-corrected chi connectivity index (χ2v) is 5.08. The van der Waals surface area contributed by atoms with Gasteiger partial charge in [0, 0.05) is 17.8 Å². The van der Waals surface area contributed by atoms with E-state index in [0.717, 1.165) is 4.88 Å². The van der Waals surface area contributed by atoms with Gasteiger partial charge in [0.15, 0.2) is 0 Å². The van der Waals surface area contributed by atoms with Crippen LogP contribution in [-0.4, -0.2) is 45.7 Å². The number of rotatable bonds is 3. The molecule has 1 aromatic heterocycles. The predicted molar refractivity (Wildman–Crippen MR) is 61.8 cm³/mol. The molecule has 0 bridgehead atoms. The van der Waals surface area contributed by atoms with Crippen molar-refractivity contribution in [3.8, 4) is 0 Å². The van der Waals surface area contributed by atoms with Crippen molar-refractivity contribution < 1.29 is 19.8 Å². The second-order valence-electron chi connectivity index (χ2n) is 4.05. The second kappa shape index (κ2) is 4.85. The quantitative estimate of drug-likeness (QED) is 0.816. The average molecular weight is 255 g/mol. The Bertz CT molecular complexity index is 417. The van der Waals surface area contributed by atoms with Crippen molar-refractivity contribution in [2.24, 2.45) is 0 Å². The maximum Gasteiger partial charge on any atom is 0.326 e. The van der Waals surface area contributed by atoms with Crippen molar-refractivity contribution in [2.45, 2.75) is 25.0 Å². The lowest BCUT2D eigenvalue weighted by Crippen LogP contribution is -2.41. The molecule has 2 rings (SSSR count). The van der Waals surface area contributed by atoms with Crippen molar-refractivity contribution in [2.75, 3.05) is 6.54 Å². The summed E-state index contributed by atoms with van der Waals surface area (Å²) in [5, 5.41) is 20.3. The number of aliphatic hydroxyl groups excluding tert-OH is 1. The van der Waals surface area contributed by atoms with Crippen molar-refractivity contribution in [3.05, 3.63) is 22.4 Å². The summed E-state index contributed by atoms with van der Waals surface area (Å²) in [5.41, 5.74) is 0. The van der Waals surface area contributed by atoms with Gasteiger partial charge in [-0.15, -0.1) is 11.3 Å². The number of carbonyl (C=O) groups excluding carboxylic acids is 1. The Balaban J connectivity index is 2.05. The molecule has 1 amide bonds. The first-order valence-corrected chi connectivity index (χ1v) is 6.18. The van der Waals surface area contributed by atoms with Crippen LogP contribution in [0, 0.1) is 0 Å². The molecule has 0 spiro atoms. The van der Waals surface area contributed by atoms with Crippen molar-refractivity contribution in [3.63, 3.8) is 0 Å². The summed E-state index contributed by atoms with van der Waals surface area (Å²) < 4.78 is 0. The van der Waals surface area contributed by atoms with E-state index in [0.29, 0.717) is 0 Å². The van der Waals surface area contributed by atoms with E-state index < -0.39 is 18.1 Å². The molecule has 2 N–H and O–H groups in total. The largest absolute Gasteiger partial charge is 0.480 e. The molecule has 1 saturated heterocycles. The lowest BCUT2D eigenvalue weighted by Gasteiger charge is -2.20. The summed E-state index contributed by atoms with van der Waals surface area (Å²) in [5.74, 6) is -1.29. The number of hydrogen-bond acceptors (Lipinski definition) is 4. The molecule has 1 fully saturated rings. The number of aliphatic carboxylic acids is 1. The fourth-order valence-corrected chi connectivity index (χ4v) is 2.68. The molecular formula is C11H13NO4S. The standard InChI is InChI=1S/C11H13NO4S/c13-7-4-9(11(15)16)12(6-7)10(14)5-8-2-1-3-17-8/h1-3,7,9,13H,4-6H2,(H,15,16)/t7-,9+/m1/s1. The summed E-state index contributed by atoms with van der Waals surface area (Å²) in [6, 6.07) is 2.79. The predicted octanol–water partition coefficient (Wildman–Crippen LogP) is 0.337. The maximum absolute atomic E-state index is 11.9. The summed E-state index contributed by atoms with van der Waals surface area (Å²) in [6.07, 6.45) is -0.414. The van der Waals surface area contributed by atoms with Crippen LogP contribution in [0.25, 0.3) is 0 Å². The molecule has 0 radical (unpaired) electrons. The number of hydrogen-bond donors (Lipinski definition) is 2. The first kappa shape index (κ1) is 12.1. The van der Waals surface area contributed by atoms with Gasteiger partial charge in [-0.25, -0.2) is 4.79 Å². The molecule has 0 saturated carbocycles. The van der Waals surface area contributed by atoms with Gasteiger partial charge in [-0.1, -0.05) is 6.07 Å². The lowest BCUT2D eigenvalue weighted by molar-refractivity contribution is -0.147. The van der Waals surface area contributed by atoms with E-state index in [1.807, 2.05) is 17.5 Å². The average Bonchev–Trinajstić information content (AvgIpc) is 2.86. The normalized spacial score (nSPS) is 23.9. The van der Waals surface area contributed by atoms with E-state index in [1.165, 1.54) is 16.2 Å². The zero-order valence-electron chi connectivity index (χ0n) is 9.07. The molecule has 1 aliphatic heterocycles. The molecule has 0 aliphatic carbocycles. The molecule has 1 aliphatic rings. The Morgan fingerprint density at radius 2 is 2.29 bits per heavy atom. The van der Waals surface area contributed by atoms with Crippen LogP contribution in [0.4, 0.5) is 0 Å². The minimum Gasteiger partial charge on any atom is -0.480 e. The molecule has 6 heteroatoms. The van der Waals surface area contributed by atoms with Crippen LogP contribution < -0.4 is 0 Å². The number of β-amino-alcohol motifs (C(OH)–C–C–N with tert-alkyl or cyclic N) is 1. The molecule has 17 heavy (non-hydrogen) atoms. The molecule has 2 atom stereocenters. The summed E-state index contributed by atoms with van der Waals surface area (Å²) >= 11 is 1.46. The number of carbonyl (C=O) groups is 2. The van der Waals surface area contributed by atoms with E-state index in [2.05, 4.69) is 0 Å². The van der Waals surface area contributed by atoms with Gasteiger partial charge in [-0.2, -0.15) is 0 Å². The Kier molecular flexibility index (Phi) is 3.44. The number of carboxylic acids is 1. The van der Waals surface area contributed by atoms with E-state index >= 15 is 0 Å². The minimum atomic E-state index is -1.05. The summed E-state index contributed by atoms with van der Waals surface area (Å²) in [7, 11) is 0. The number of amides is 1. The molecule has 1 aromatic rings. The van der Waals surface area contributed by atoms with Crippen molar-refractivity contribution >= 4 is 23.2 Å². The maximum atomic E-state index is 11.9. The number of likely N-dealkylation sites (tertiary alicyclic amines) is 1. The molecule has 0 aromatic carbocycles. The lowest BCUT2D eigenvalue weighted by atomic mass is 10.2. The summed E-state index contributed by atoms with van der Waals surface area (Å²) in [6.45, 7) is 0.112. The van der Waals surface area contributed by atoms with Crippen molar-refractivity contribution in [1.82, 2.24) is 4.90 Å². The zero-order chi connectivity index (χ0) is 12.4. The van der Waals surface area contributed by atoms with Crippen LogP contribution in [0.1, 0.15) is 11.3 Å². The molecule has 92 valence electrons. The molecule has 5 nitrogen and oxygen atoms in total. The van der Waals surface area contributed by atoms with E-state index in [4.69, 9.17) is 5.11 Å². The highest BCUT2D eigenvalue weighted by molar-refractivity contribution is 7.10. The molecule has 2 heterocycles. The van der Waals surface area contributed by atoms with E-state index in [1.54, 1.807) is 0 Å². The highest BCUT2D eigenvalue weighted by atomic mass is 32.1.